The maximum Gasteiger partial charge on any atom is 0.0644 e. The van der Waals surface area contributed by atoms with Gasteiger partial charge >= 0.3 is 0 Å². The van der Waals surface area contributed by atoms with Crippen molar-refractivity contribution < 1.29 is 20.1 Å². The molecule has 0 amide bonds. The van der Waals surface area contributed by atoms with Crippen LogP contribution in [0.2, 0.25) is 0 Å². The predicted molar refractivity (Wildman–Crippen MR) is 167 cm³/mol. The molecule has 19 atom stereocenters. The van der Waals surface area contributed by atoms with Gasteiger partial charge in [-0.1, -0.05) is 38.5 Å². The number of rotatable bonds is 0. The molecule has 8 bridgehead atoms. The van der Waals surface area contributed by atoms with Crippen LogP contribution < -0.4 is 59.7 Å². The van der Waals surface area contributed by atoms with Crippen molar-refractivity contribution in [3.63, 3.8) is 0 Å². The van der Waals surface area contributed by atoms with E-state index < -0.39 is 0 Å². The molecule has 0 aromatic heterocycles. The first-order chi connectivity index (χ1) is 21.0. The van der Waals surface area contributed by atoms with Crippen molar-refractivity contribution in [2.45, 2.75) is 151 Å². The predicted octanol–water partition coefficient (Wildman–Crippen LogP) is -0.585. The molecule has 5 saturated heterocycles. The third-order valence-corrected chi connectivity index (χ3v) is 14.3. The molecule has 9 aliphatic rings. The summed E-state index contributed by atoms with van der Waals surface area (Å²) in [7, 11) is 0. The van der Waals surface area contributed by atoms with Crippen LogP contribution in [0.5, 0.6) is 0 Å². The van der Waals surface area contributed by atoms with E-state index in [1.807, 2.05) is 0 Å². The first-order valence-electron chi connectivity index (χ1n) is 18.4. The fraction of sp³-hybridized carbons (Fsp3) is 1.00. The van der Waals surface area contributed by atoms with Gasteiger partial charge in [-0.15, -0.1) is 0 Å². The molecule has 4 aliphatic carbocycles. The second-order valence-electron chi connectivity index (χ2n) is 16.3. The molecule has 0 aromatic rings. The fourth-order valence-corrected chi connectivity index (χ4v) is 12.2. The van der Waals surface area contributed by atoms with Crippen LogP contribution in [0.1, 0.15) is 83.5 Å². The van der Waals surface area contributed by atoms with E-state index in [0.717, 1.165) is 6.42 Å². The first-order valence-corrected chi connectivity index (χ1v) is 18.4. The minimum Gasteiger partial charge on any atom is -0.326 e. The van der Waals surface area contributed by atoms with Crippen LogP contribution in [0.25, 0.3) is 0 Å². The van der Waals surface area contributed by atoms with E-state index in [9.17, 15) is 0 Å². The van der Waals surface area contributed by atoms with Gasteiger partial charge in [-0.2, -0.15) is 0 Å². The summed E-state index contributed by atoms with van der Waals surface area (Å²) in [6.07, 6.45) is 19.1. The van der Waals surface area contributed by atoms with Gasteiger partial charge in [-0.25, -0.2) is 0 Å². The van der Waals surface area contributed by atoms with Gasteiger partial charge in [0.1, 0.15) is 0 Å². The van der Waals surface area contributed by atoms with Crippen molar-refractivity contribution in [2.75, 3.05) is 0 Å². The first kappa shape index (κ1) is 31.5. The van der Waals surface area contributed by atoms with Crippen molar-refractivity contribution in [3.05, 3.63) is 0 Å². The van der Waals surface area contributed by atoms with Crippen LogP contribution in [-0.2, 0) is 20.1 Å². The molecule has 44 heavy (non-hydrogen) atoms. The zero-order valence-electron chi connectivity index (χ0n) is 26.2. The van der Waals surface area contributed by atoms with Gasteiger partial charge in [-0.05, 0) is 86.4 Å². The Morgan fingerprint density at radius 2 is 0.614 bits per heavy atom. The molecule has 9 fully saturated rings. The Morgan fingerprint density at radius 1 is 0.341 bits per heavy atom. The topological polar surface area (TPSA) is 174 Å². The zero-order chi connectivity index (χ0) is 28.8. The molecule has 11 nitrogen and oxygen atoms in total. The minimum atomic E-state index is -0.167. The largest absolute Gasteiger partial charge is 0.326 e. The Balaban J connectivity index is 0.00000289. The average molecular weight is 790 g/mol. The van der Waals surface area contributed by atoms with Crippen LogP contribution in [0.4, 0.5) is 0 Å². The van der Waals surface area contributed by atoms with Crippen molar-refractivity contribution in [2.24, 2.45) is 64.5 Å². The summed E-state index contributed by atoms with van der Waals surface area (Å²) in [6, 6.07) is -0.351. The number of fused-ring (bicyclic) bond motifs is 20. The summed E-state index contributed by atoms with van der Waals surface area (Å²) in [5.41, 5.74) is 20.3. The molecule has 9 rings (SSSR count). The van der Waals surface area contributed by atoms with E-state index in [-0.39, 0.29) is 68.8 Å². The monoisotopic (exact) mass is 790 g/mol. The van der Waals surface area contributed by atoms with E-state index in [4.69, 9.17) is 17.2 Å². The molecule has 19 unspecified atom stereocenters. The SMILES string of the molecule is NC1CC2C3NC4NC(NC5NC(NC6NC(NC(N3)C2C(N)C1N)C1CCCCC61)C1CCCCC51)C1CCCCC41.[Ir]. The molecule has 251 valence electrons. The average Bonchev–Trinajstić information content (AvgIpc) is 3.75. The molecular formula is C32H59IrN11. The van der Waals surface area contributed by atoms with Crippen molar-refractivity contribution >= 4 is 0 Å². The molecule has 12 heteroatoms. The number of hydrogen-bond donors (Lipinski definition) is 11. The van der Waals surface area contributed by atoms with Gasteiger partial charge in [-0.3, -0.25) is 42.5 Å². The quantitative estimate of drug-likeness (QED) is 0.152. The molecule has 14 N–H and O–H groups in total. The van der Waals surface area contributed by atoms with Gasteiger partial charge < -0.3 is 17.2 Å². The third kappa shape index (κ3) is 5.22. The smallest absolute Gasteiger partial charge is 0.0644 e. The van der Waals surface area contributed by atoms with E-state index in [2.05, 4.69) is 42.5 Å². The summed E-state index contributed by atoms with van der Waals surface area (Å²) in [6.45, 7) is 0. The number of hydrogen-bond acceptors (Lipinski definition) is 11. The van der Waals surface area contributed by atoms with Gasteiger partial charge in [0.05, 0.1) is 49.3 Å². The summed E-state index contributed by atoms with van der Waals surface area (Å²) in [5.74, 6) is 4.57. The summed E-state index contributed by atoms with van der Waals surface area (Å²) >= 11 is 0. The molecular weight excluding hydrogens is 731 g/mol. The Morgan fingerprint density at radius 3 is 0.932 bits per heavy atom. The van der Waals surface area contributed by atoms with Crippen molar-refractivity contribution in [3.8, 4) is 0 Å². The van der Waals surface area contributed by atoms with Gasteiger partial charge in [0, 0.05) is 44.1 Å². The molecule has 0 spiro atoms. The van der Waals surface area contributed by atoms with Crippen LogP contribution in [-0.4, -0.2) is 67.5 Å². The van der Waals surface area contributed by atoms with Gasteiger partial charge in [0.2, 0.25) is 0 Å². The maximum absolute atomic E-state index is 6.98. The van der Waals surface area contributed by atoms with Crippen LogP contribution in [0, 0.1) is 47.3 Å². The standard InChI is InChI=1S/C32H59N11.Ir/c33-21-13-20-22(24(35)23(21)34)32-42-30-19-12-6-5-11-18(19)28(40-30)38-26-15-8-2-1-7-14(15)25(36-26)37-27-16-9-3-4-10-17(16)29(39-27)41-31(20)43-32;/h14-32,36-43H,1-13,33-35H2;. The summed E-state index contributed by atoms with van der Waals surface area (Å²) < 4.78 is 0. The van der Waals surface area contributed by atoms with E-state index >= 15 is 0 Å². The van der Waals surface area contributed by atoms with Crippen molar-refractivity contribution in [1.29, 1.82) is 0 Å². The van der Waals surface area contributed by atoms with E-state index in [1.165, 1.54) is 77.0 Å². The fourth-order valence-electron chi connectivity index (χ4n) is 12.2. The Labute approximate surface area is 277 Å². The molecule has 1 radical (unpaired) electrons. The van der Waals surface area contributed by atoms with Crippen LogP contribution in [0.15, 0.2) is 0 Å². The Bertz CT molecular complexity index is 1020. The third-order valence-electron chi connectivity index (χ3n) is 14.3. The molecule has 4 saturated carbocycles. The van der Waals surface area contributed by atoms with Crippen molar-refractivity contribution in [1.82, 2.24) is 42.5 Å². The van der Waals surface area contributed by atoms with Crippen LogP contribution >= 0.6 is 0 Å². The zero-order valence-corrected chi connectivity index (χ0v) is 28.6. The maximum atomic E-state index is 6.98. The normalized spacial score (nSPS) is 58.3. The van der Waals surface area contributed by atoms with Gasteiger partial charge in [0.25, 0.3) is 0 Å². The van der Waals surface area contributed by atoms with E-state index in [1.54, 1.807) is 0 Å². The number of nitrogens with one attached hydrogen (secondary N) is 8. The molecule has 5 aliphatic heterocycles. The number of nitrogens with two attached hydrogens (primary N) is 3. The molecule has 0 aromatic carbocycles. The second-order valence-corrected chi connectivity index (χ2v) is 16.3. The minimum absolute atomic E-state index is 0. The van der Waals surface area contributed by atoms with Crippen LogP contribution in [0.3, 0.4) is 0 Å². The van der Waals surface area contributed by atoms with Gasteiger partial charge in [0.15, 0.2) is 0 Å². The Hall–Kier alpha value is 0.209. The summed E-state index contributed by atoms with van der Waals surface area (Å²) in [5, 5.41) is 33.2. The second kappa shape index (κ2) is 12.6. The van der Waals surface area contributed by atoms with E-state index in [0.29, 0.717) is 66.1 Å². The Kier molecular flexibility index (Phi) is 9.00. The summed E-state index contributed by atoms with van der Waals surface area (Å²) in [4.78, 5) is 0. The molecule has 5 heterocycles.